The van der Waals surface area contributed by atoms with Crippen LogP contribution in [0.15, 0.2) is 0 Å². The van der Waals surface area contributed by atoms with Crippen molar-refractivity contribution in [1.29, 1.82) is 0 Å². The van der Waals surface area contributed by atoms with Crippen molar-refractivity contribution in [2.24, 2.45) is 5.92 Å². The van der Waals surface area contributed by atoms with Gasteiger partial charge in [-0.3, -0.25) is 4.90 Å². The number of morpholine rings is 1. The molecule has 4 unspecified atom stereocenters. The lowest BCUT2D eigenvalue weighted by molar-refractivity contribution is -0.0537. The summed E-state index contributed by atoms with van der Waals surface area (Å²) in [5, 5.41) is 3.72. The second kappa shape index (κ2) is 8.13. The van der Waals surface area contributed by atoms with E-state index in [2.05, 4.69) is 44.8 Å². The minimum Gasteiger partial charge on any atom is -0.376 e. The second-order valence-corrected chi connectivity index (χ2v) is 5.89. The Bertz CT molecular complexity index is 223. The zero-order valence-corrected chi connectivity index (χ0v) is 12.9. The van der Waals surface area contributed by atoms with E-state index in [0.29, 0.717) is 18.2 Å². The summed E-state index contributed by atoms with van der Waals surface area (Å²) < 4.78 is 5.71. The van der Waals surface area contributed by atoms with E-state index in [1.165, 1.54) is 12.8 Å². The van der Waals surface area contributed by atoms with Crippen molar-refractivity contribution in [1.82, 2.24) is 10.2 Å². The summed E-state index contributed by atoms with van der Waals surface area (Å²) in [5.74, 6) is 0.738. The molecule has 1 rings (SSSR count). The Kier molecular flexibility index (Phi) is 7.20. The standard InChI is InChI=1S/C15H32N2O/c1-6-8-16-15(12(3)7-2)10-17-9-14(5)18-11-13(17)4/h12-16H,6-11H2,1-5H3. The monoisotopic (exact) mass is 256 g/mol. The topological polar surface area (TPSA) is 24.5 Å². The van der Waals surface area contributed by atoms with Gasteiger partial charge in [-0.15, -0.1) is 0 Å². The molecule has 1 heterocycles. The predicted octanol–water partition coefficient (Wildman–Crippen LogP) is 2.51. The van der Waals surface area contributed by atoms with Gasteiger partial charge in [0.1, 0.15) is 0 Å². The number of rotatable bonds is 7. The number of hydrogen-bond acceptors (Lipinski definition) is 3. The molecule has 1 aliphatic heterocycles. The minimum absolute atomic E-state index is 0.380. The van der Waals surface area contributed by atoms with Crippen LogP contribution in [0.3, 0.4) is 0 Å². The Hall–Kier alpha value is -0.120. The molecule has 0 aromatic heterocycles. The van der Waals surface area contributed by atoms with Crippen LogP contribution >= 0.6 is 0 Å². The summed E-state index contributed by atoms with van der Waals surface area (Å²) in [6.07, 6.45) is 2.84. The summed E-state index contributed by atoms with van der Waals surface area (Å²) in [4.78, 5) is 2.59. The maximum absolute atomic E-state index is 5.71. The average Bonchev–Trinajstić information content (AvgIpc) is 2.37. The lowest BCUT2D eigenvalue weighted by Crippen LogP contribution is -2.53. The molecule has 1 aliphatic rings. The first-order chi connectivity index (χ1) is 8.58. The van der Waals surface area contributed by atoms with Gasteiger partial charge in [0, 0.05) is 25.2 Å². The van der Waals surface area contributed by atoms with Crippen LogP contribution in [0.1, 0.15) is 47.5 Å². The van der Waals surface area contributed by atoms with E-state index in [4.69, 9.17) is 4.74 Å². The number of nitrogens with zero attached hydrogens (tertiary/aromatic N) is 1. The third-order valence-corrected chi connectivity index (χ3v) is 4.16. The molecule has 1 N–H and O–H groups in total. The molecule has 0 saturated carbocycles. The summed E-state index contributed by atoms with van der Waals surface area (Å²) in [7, 11) is 0. The van der Waals surface area contributed by atoms with E-state index in [9.17, 15) is 0 Å². The highest BCUT2D eigenvalue weighted by molar-refractivity contribution is 4.82. The van der Waals surface area contributed by atoms with Crippen molar-refractivity contribution in [2.75, 3.05) is 26.2 Å². The van der Waals surface area contributed by atoms with Crippen LogP contribution in [0.25, 0.3) is 0 Å². The molecule has 18 heavy (non-hydrogen) atoms. The number of nitrogens with one attached hydrogen (secondary N) is 1. The Morgan fingerprint density at radius 1 is 1.33 bits per heavy atom. The maximum Gasteiger partial charge on any atom is 0.0674 e. The molecular weight excluding hydrogens is 224 g/mol. The zero-order chi connectivity index (χ0) is 13.5. The van der Waals surface area contributed by atoms with Crippen molar-refractivity contribution in [3.63, 3.8) is 0 Å². The van der Waals surface area contributed by atoms with E-state index in [1.54, 1.807) is 0 Å². The zero-order valence-electron chi connectivity index (χ0n) is 12.9. The summed E-state index contributed by atoms with van der Waals surface area (Å²) >= 11 is 0. The molecule has 0 amide bonds. The molecule has 0 spiro atoms. The third kappa shape index (κ3) is 4.87. The third-order valence-electron chi connectivity index (χ3n) is 4.16. The van der Waals surface area contributed by atoms with Gasteiger partial charge < -0.3 is 10.1 Å². The van der Waals surface area contributed by atoms with Crippen molar-refractivity contribution in [3.8, 4) is 0 Å². The summed E-state index contributed by atoms with van der Waals surface area (Å²) in [5.41, 5.74) is 0. The molecular formula is C15H32N2O. The molecule has 108 valence electrons. The molecule has 0 aromatic carbocycles. The van der Waals surface area contributed by atoms with E-state index >= 15 is 0 Å². The SMILES string of the molecule is CCCNC(CN1CC(C)OCC1C)C(C)CC. The second-order valence-electron chi connectivity index (χ2n) is 5.89. The normalized spacial score (nSPS) is 29.2. The van der Waals surface area contributed by atoms with Crippen molar-refractivity contribution in [3.05, 3.63) is 0 Å². The largest absolute Gasteiger partial charge is 0.376 e. The maximum atomic E-state index is 5.71. The molecule has 1 saturated heterocycles. The van der Waals surface area contributed by atoms with Gasteiger partial charge in [-0.1, -0.05) is 27.2 Å². The lowest BCUT2D eigenvalue weighted by atomic mass is 9.97. The van der Waals surface area contributed by atoms with E-state index in [-0.39, 0.29) is 0 Å². The van der Waals surface area contributed by atoms with Gasteiger partial charge >= 0.3 is 0 Å². The quantitative estimate of drug-likeness (QED) is 0.757. The van der Waals surface area contributed by atoms with Crippen molar-refractivity contribution >= 4 is 0 Å². The van der Waals surface area contributed by atoms with Gasteiger partial charge in [0.25, 0.3) is 0 Å². The average molecular weight is 256 g/mol. The van der Waals surface area contributed by atoms with Crippen molar-refractivity contribution in [2.45, 2.75) is 65.6 Å². The van der Waals surface area contributed by atoms with Crippen LogP contribution in [-0.4, -0.2) is 49.3 Å². The molecule has 4 atom stereocenters. The lowest BCUT2D eigenvalue weighted by Gasteiger charge is -2.40. The predicted molar refractivity (Wildman–Crippen MR) is 78.0 cm³/mol. The minimum atomic E-state index is 0.380. The van der Waals surface area contributed by atoms with Gasteiger partial charge in [0.2, 0.25) is 0 Å². The van der Waals surface area contributed by atoms with Crippen LogP contribution in [0.2, 0.25) is 0 Å². The fourth-order valence-corrected chi connectivity index (χ4v) is 2.54. The first-order valence-corrected chi connectivity index (χ1v) is 7.67. The van der Waals surface area contributed by atoms with Gasteiger partial charge in [-0.05, 0) is 32.7 Å². The molecule has 1 fully saturated rings. The van der Waals surface area contributed by atoms with Gasteiger partial charge in [-0.25, -0.2) is 0 Å². The van der Waals surface area contributed by atoms with Gasteiger partial charge in [0.05, 0.1) is 12.7 Å². The van der Waals surface area contributed by atoms with Crippen LogP contribution in [0.4, 0.5) is 0 Å². The van der Waals surface area contributed by atoms with Crippen LogP contribution < -0.4 is 5.32 Å². The fraction of sp³-hybridized carbons (Fsp3) is 1.00. The Balaban J connectivity index is 2.51. The number of hydrogen-bond donors (Lipinski definition) is 1. The smallest absolute Gasteiger partial charge is 0.0674 e. The first-order valence-electron chi connectivity index (χ1n) is 7.67. The molecule has 0 aromatic rings. The van der Waals surface area contributed by atoms with E-state index in [0.717, 1.165) is 32.2 Å². The fourth-order valence-electron chi connectivity index (χ4n) is 2.54. The Morgan fingerprint density at radius 3 is 2.67 bits per heavy atom. The highest BCUT2D eigenvalue weighted by Crippen LogP contribution is 2.15. The molecule has 3 nitrogen and oxygen atoms in total. The molecule has 3 heteroatoms. The van der Waals surface area contributed by atoms with Crippen molar-refractivity contribution < 1.29 is 4.74 Å². The highest BCUT2D eigenvalue weighted by Gasteiger charge is 2.27. The van der Waals surface area contributed by atoms with Gasteiger partial charge in [0.15, 0.2) is 0 Å². The molecule has 0 aliphatic carbocycles. The van der Waals surface area contributed by atoms with E-state index < -0.39 is 0 Å². The van der Waals surface area contributed by atoms with E-state index in [1.807, 2.05) is 0 Å². The summed E-state index contributed by atoms with van der Waals surface area (Å²) in [6.45, 7) is 15.6. The van der Waals surface area contributed by atoms with Crippen LogP contribution in [-0.2, 0) is 4.74 Å². The Labute approximate surface area is 113 Å². The first kappa shape index (κ1) is 15.9. The van der Waals surface area contributed by atoms with Gasteiger partial charge in [-0.2, -0.15) is 0 Å². The van der Waals surface area contributed by atoms with Crippen LogP contribution in [0, 0.1) is 5.92 Å². The van der Waals surface area contributed by atoms with Crippen LogP contribution in [0.5, 0.6) is 0 Å². The Morgan fingerprint density at radius 2 is 2.06 bits per heavy atom. The number of ether oxygens (including phenoxy) is 1. The molecule has 0 bridgehead atoms. The molecule has 0 radical (unpaired) electrons. The summed E-state index contributed by atoms with van der Waals surface area (Å²) in [6, 6.07) is 1.17. The highest BCUT2D eigenvalue weighted by atomic mass is 16.5.